The van der Waals surface area contributed by atoms with Gasteiger partial charge in [0.25, 0.3) is 0 Å². The van der Waals surface area contributed by atoms with Gasteiger partial charge in [0, 0.05) is 0 Å². The minimum Gasteiger partial charge on any atom is -0.478 e. The van der Waals surface area contributed by atoms with Crippen LogP contribution in [-0.2, 0) is 12.8 Å². The Morgan fingerprint density at radius 2 is 0.725 bits per heavy atom. The Morgan fingerprint density at radius 3 is 0.975 bits per heavy atom. The van der Waals surface area contributed by atoms with E-state index >= 15 is 0 Å². The van der Waals surface area contributed by atoms with E-state index in [1.807, 2.05) is 0 Å². The Kier molecular flexibility index (Phi) is 11.4. The molecule has 12 heteroatoms. The second kappa shape index (κ2) is 14.4. The van der Waals surface area contributed by atoms with Crippen molar-refractivity contribution < 1.29 is 49.2 Å². The molecule has 0 bridgehead atoms. The fraction of sp³-hybridized carbons (Fsp3) is 0.357. The van der Waals surface area contributed by atoms with Gasteiger partial charge in [0.2, 0.25) is 11.8 Å². The Labute approximate surface area is 229 Å². The summed E-state index contributed by atoms with van der Waals surface area (Å²) in [5.41, 5.74) is 9.06. The van der Waals surface area contributed by atoms with Crippen molar-refractivity contribution >= 4 is 35.7 Å². The molecule has 40 heavy (non-hydrogen) atoms. The second-order valence-electron chi connectivity index (χ2n) is 9.31. The third-order valence-corrected chi connectivity index (χ3v) is 6.65. The number of benzene rings is 2. The zero-order chi connectivity index (χ0) is 30.0. The summed E-state index contributed by atoms with van der Waals surface area (Å²) in [5.74, 6) is -7.32. The van der Waals surface area contributed by atoms with Crippen LogP contribution in [0.4, 0.5) is 0 Å². The third kappa shape index (κ3) is 7.88. The van der Waals surface area contributed by atoms with E-state index in [1.54, 1.807) is 0 Å². The molecule has 8 N–H and O–H groups in total. The summed E-state index contributed by atoms with van der Waals surface area (Å²) in [6, 6.07) is 4.59. The number of primary amides is 2. The number of rotatable bonds is 17. The highest BCUT2D eigenvalue weighted by Gasteiger charge is 2.25. The second-order valence-corrected chi connectivity index (χ2v) is 9.31. The van der Waals surface area contributed by atoms with E-state index in [4.69, 9.17) is 11.5 Å². The maximum Gasteiger partial charge on any atom is 0.336 e. The molecule has 2 amide bonds. The number of hydrogen-bond acceptors (Lipinski definition) is 6. The number of carbonyl (C=O) groups is 6. The lowest BCUT2D eigenvalue weighted by Gasteiger charge is -2.13. The van der Waals surface area contributed by atoms with Crippen LogP contribution in [0.25, 0.3) is 0 Å². The molecular weight excluding hydrogens is 524 g/mol. The molecule has 2 aromatic rings. The van der Waals surface area contributed by atoms with Crippen molar-refractivity contribution in [3.63, 3.8) is 0 Å². The molecule has 0 aliphatic rings. The van der Waals surface area contributed by atoms with Crippen molar-refractivity contribution in [2.75, 3.05) is 0 Å². The van der Waals surface area contributed by atoms with Crippen molar-refractivity contribution in [1.29, 1.82) is 0 Å². The van der Waals surface area contributed by atoms with Crippen LogP contribution in [-0.4, -0.2) is 56.1 Å². The molecular formula is C28H32N2O10. The summed E-state index contributed by atoms with van der Waals surface area (Å²) >= 11 is 0. The third-order valence-electron chi connectivity index (χ3n) is 6.65. The van der Waals surface area contributed by atoms with Gasteiger partial charge in [-0.05, 0) is 61.1 Å². The van der Waals surface area contributed by atoms with Crippen molar-refractivity contribution in [3.8, 4) is 0 Å². The Bertz CT molecular complexity index is 1230. The summed E-state index contributed by atoms with van der Waals surface area (Å²) in [6.07, 6.45) is 6.02. The largest absolute Gasteiger partial charge is 0.478 e. The van der Waals surface area contributed by atoms with Gasteiger partial charge in [-0.2, -0.15) is 0 Å². The average Bonchev–Trinajstić information content (AvgIpc) is 2.87. The first-order valence-electron chi connectivity index (χ1n) is 12.7. The Hall–Kier alpha value is -4.74. The maximum atomic E-state index is 11.7. The first-order valence-corrected chi connectivity index (χ1v) is 12.7. The summed E-state index contributed by atoms with van der Waals surface area (Å²) in [6.45, 7) is 0. The van der Waals surface area contributed by atoms with E-state index in [1.165, 1.54) is 12.1 Å². The number of nitrogens with two attached hydrogens (primary N) is 2. The fourth-order valence-electron chi connectivity index (χ4n) is 4.78. The molecule has 0 radical (unpaired) electrons. The number of unbranched alkanes of at least 4 members (excludes halogenated alkanes) is 7. The molecule has 0 saturated heterocycles. The van der Waals surface area contributed by atoms with Crippen LogP contribution in [0, 0.1) is 0 Å². The van der Waals surface area contributed by atoms with Crippen LogP contribution in [0.15, 0.2) is 24.3 Å². The molecule has 214 valence electrons. The monoisotopic (exact) mass is 556 g/mol. The van der Waals surface area contributed by atoms with E-state index < -0.39 is 35.7 Å². The first kappa shape index (κ1) is 31.5. The Morgan fingerprint density at radius 1 is 0.450 bits per heavy atom. The molecule has 0 fully saturated rings. The van der Waals surface area contributed by atoms with E-state index in [0.29, 0.717) is 25.7 Å². The summed E-state index contributed by atoms with van der Waals surface area (Å²) in [7, 11) is 0. The highest BCUT2D eigenvalue weighted by Crippen LogP contribution is 2.25. The SMILES string of the molecule is NC(=O)c1ccc(C(=O)O)c(CCCCCCCCCCc2c(C(=O)O)ccc(C(N)=O)c2C(=O)O)c1C(=O)O. The van der Waals surface area contributed by atoms with Crippen LogP contribution >= 0.6 is 0 Å². The van der Waals surface area contributed by atoms with Gasteiger partial charge in [-0.15, -0.1) is 0 Å². The van der Waals surface area contributed by atoms with E-state index in [9.17, 15) is 49.2 Å². The molecule has 0 aromatic heterocycles. The number of amides is 2. The van der Waals surface area contributed by atoms with Gasteiger partial charge in [0.15, 0.2) is 0 Å². The number of hydrogen-bond donors (Lipinski definition) is 6. The predicted molar refractivity (Wildman–Crippen MR) is 142 cm³/mol. The van der Waals surface area contributed by atoms with Crippen molar-refractivity contribution in [2.24, 2.45) is 11.5 Å². The fourth-order valence-corrected chi connectivity index (χ4v) is 4.78. The number of carboxylic acid groups (broad SMARTS) is 4. The van der Waals surface area contributed by atoms with E-state index in [2.05, 4.69) is 0 Å². The maximum absolute atomic E-state index is 11.7. The lowest BCUT2D eigenvalue weighted by atomic mass is 9.91. The minimum absolute atomic E-state index is 0.0677. The number of carboxylic acids is 4. The van der Waals surface area contributed by atoms with E-state index in [0.717, 1.165) is 37.8 Å². The average molecular weight is 557 g/mol. The van der Waals surface area contributed by atoms with Gasteiger partial charge in [-0.25, -0.2) is 19.2 Å². The molecule has 0 aliphatic heterocycles. The minimum atomic E-state index is -1.42. The van der Waals surface area contributed by atoms with Crippen LogP contribution in [0.1, 0.15) is 125 Å². The number of carbonyl (C=O) groups excluding carboxylic acids is 2. The zero-order valence-corrected chi connectivity index (χ0v) is 21.8. The van der Waals surface area contributed by atoms with Crippen molar-refractivity contribution in [1.82, 2.24) is 0 Å². The molecule has 0 unspecified atom stereocenters. The van der Waals surface area contributed by atoms with Crippen LogP contribution in [0.2, 0.25) is 0 Å². The molecule has 0 spiro atoms. The highest BCUT2D eigenvalue weighted by molar-refractivity contribution is 6.08. The highest BCUT2D eigenvalue weighted by atomic mass is 16.4. The lowest BCUT2D eigenvalue weighted by Crippen LogP contribution is -2.20. The van der Waals surface area contributed by atoms with E-state index in [-0.39, 0.29) is 57.3 Å². The van der Waals surface area contributed by atoms with Gasteiger partial charge in [0.1, 0.15) is 0 Å². The number of aromatic carboxylic acids is 4. The molecule has 0 heterocycles. The van der Waals surface area contributed by atoms with Gasteiger partial charge < -0.3 is 31.9 Å². The predicted octanol–water partition coefficient (Wildman–Crippen LogP) is 3.58. The van der Waals surface area contributed by atoms with Crippen LogP contribution in [0.3, 0.4) is 0 Å². The molecule has 0 saturated carbocycles. The van der Waals surface area contributed by atoms with Crippen LogP contribution in [0.5, 0.6) is 0 Å². The smallest absolute Gasteiger partial charge is 0.336 e. The van der Waals surface area contributed by atoms with Gasteiger partial charge >= 0.3 is 23.9 Å². The summed E-state index contributed by atoms with van der Waals surface area (Å²) in [4.78, 5) is 69.9. The Balaban J connectivity index is 1.87. The molecule has 0 aliphatic carbocycles. The molecule has 12 nitrogen and oxygen atoms in total. The summed E-state index contributed by atoms with van der Waals surface area (Å²) < 4.78 is 0. The topological polar surface area (TPSA) is 235 Å². The van der Waals surface area contributed by atoms with Gasteiger partial charge in [0.05, 0.1) is 33.4 Å². The van der Waals surface area contributed by atoms with Crippen molar-refractivity contribution in [3.05, 3.63) is 68.8 Å². The lowest BCUT2D eigenvalue weighted by molar-refractivity contribution is 0.0671. The normalized spacial score (nSPS) is 10.7. The van der Waals surface area contributed by atoms with Crippen molar-refractivity contribution in [2.45, 2.75) is 64.2 Å². The first-order chi connectivity index (χ1) is 18.9. The molecule has 0 atom stereocenters. The van der Waals surface area contributed by atoms with Gasteiger partial charge in [-0.1, -0.05) is 38.5 Å². The van der Waals surface area contributed by atoms with Gasteiger partial charge in [-0.3, -0.25) is 9.59 Å². The zero-order valence-electron chi connectivity index (χ0n) is 21.8. The molecule has 2 aromatic carbocycles. The van der Waals surface area contributed by atoms with Crippen LogP contribution < -0.4 is 11.5 Å². The standard InChI is InChI=1S/C28H32N2O10/c29-23(31)19-13-11-17(25(33)34)15(21(19)27(37)38)9-7-5-3-1-2-4-6-8-10-16-18(26(35)36)12-14-20(24(30)32)22(16)28(39)40/h11-14H,1-10H2,(H2,29,31)(H2,30,32)(H,33,34)(H,35,36)(H,37,38)(H,39,40). The quantitative estimate of drug-likeness (QED) is 0.155. The molecule has 2 rings (SSSR count). The summed E-state index contributed by atoms with van der Waals surface area (Å²) in [5, 5.41) is 38.0.